The first-order chi connectivity index (χ1) is 13.6. The maximum absolute atomic E-state index is 14.0. The summed E-state index contributed by atoms with van der Waals surface area (Å²) in [7, 11) is 0. The monoisotopic (exact) mass is 476 g/mol. The molecule has 0 spiro atoms. The van der Waals surface area contributed by atoms with Crippen molar-refractivity contribution >= 4 is 0 Å². The summed E-state index contributed by atoms with van der Waals surface area (Å²) in [5.41, 5.74) is -3.58. The summed E-state index contributed by atoms with van der Waals surface area (Å²) in [6.07, 6.45) is -9.83. The summed E-state index contributed by atoms with van der Waals surface area (Å²) in [6.45, 7) is 4.11. The number of aliphatic hydroxyl groups is 1. The Bertz CT molecular complexity index is 755. The Hall–Kier alpha value is -1.79. The largest absolute Gasteiger partial charge is 0.493 e. The van der Waals surface area contributed by atoms with Gasteiger partial charge in [0.1, 0.15) is 5.75 Å². The van der Waals surface area contributed by atoms with E-state index >= 15 is 0 Å². The van der Waals surface area contributed by atoms with E-state index in [9.17, 15) is 53.4 Å². The van der Waals surface area contributed by atoms with Crippen molar-refractivity contribution in [3.63, 3.8) is 0 Å². The van der Waals surface area contributed by atoms with Gasteiger partial charge in [0.25, 0.3) is 0 Å². The molecule has 0 aliphatic rings. The molecule has 1 atom stereocenters. The van der Waals surface area contributed by atoms with Crippen LogP contribution in [0.5, 0.6) is 5.75 Å². The third-order valence-corrected chi connectivity index (χ3v) is 4.21. The lowest BCUT2D eigenvalue weighted by atomic mass is 9.85. The van der Waals surface area contributed by atoms with Crippen molar-refractivity contribution in [2.75, 3.05) is 6.61 Å². The average molecular weight is 476 g/mol. The quantitative estimate of drug-likeness (QED) is 0.417. The number of hydrogen-bond acceptors (Lipinski definition) is 2. The Morgan fingerprint density at radius 3 is 1.81 bits per heavy atom. The fourth-order valence-electron chi connectivity index (χ4n) is 2.43. The van der Waals surface area contributed by atoms with E-state index in [0.717, 1.165) is 18.2 Å². The first-order valence-electron chi connectivity index (χ1n) is 8.64. The lowest BCUT2D eigenvalue weighted by Crippen LogP contribution is -2.67. The van der Waals surface area contributed by atoms with E-state index in [1.54, 1.807) is 13.8 Å². The van der Waals surface area contributed by atoms with Gasteiger partial charge < -0.3 is 9.84 Å². The lowest BCUT2D eigenvalue weighted by molar-refractivity contribution is -0.424. The predicted octanol–water partition coefficient (Wildman–Crippen LogP) is 6.42. The summed E-state index contributed by atoms with van der Waals surface area (Å²) < 4.78 is 150. The molecule has 2 nitrogen and oxygen atoms in total. The van der Waals surface area contributed by atoms with Crippen molar-refractivity contribution in [1.29, 1.82) is 0 Å². The van der Waals surface area contributed by atoms with Gasteiger partial charge in [-0.2, -0.15) is 48.3 Å². The van der Waals surface area contributed by atoms with E-state index < -0.39 is 47.5 Å². The number of alkyl halides is 11. The fraction of sp³-hybridized carbons (Fsp3) is 0.667. The molecular weight excluding hydrogens is 457 g/mol. The molecule has 1 rings (SSSR count). The van der Waals surface area contributed by atoms with Gasteiger partial charge >= 0.3 is 29.9 Å². The van der Waals surface area contributed by atoms with Crippen molar-refractivity contribution < 1.29 is 58.1 Å². The highest BCUT2D eigenvalue weighted by Crippen LogP contribution is 2.59. The lowest BCUT2D eigenvalue weighted by Gasteiger charge is -2.39. The molecule has 0 bridgehead atoms. The van der Waals surface area contributed by atoms with Crippen LogP contribution < -0.4 is 4.74 Å². The zero-order chi connectivity index (χ0) is 24.7. The summed E-state index contributed by atoms with van der Waals surface area (Å²) in [5, 5.41) is 10.2. The topological polar surface area (TPSA) is 29.5 Å². The van der Waals surface area contributed by atoms with Gasteiger partial charge in [-0.25, -0.2) is 0 Å². The van der Waals surface area contributed by atoms with Crippen LogP contribution in [0.1, 0.15) is 32.8 Å². The van der Waals surface area contributed by atoms with Gasteiger partial charge in [0, 0.05) is 0 Å². The molecule has 0 heterocycles. The second-order valence-corrected chi connectivity index (χ2v) is 7.61. The molecule has 180 valence electrons. The van der Waals surface area contributed by atoms with Gasteiger partial charge in [0.15, 0.2) is 0 Å². The molecule has 1 unspecified atom stereocenters. The van der Waals surface area contributed by atoms with Crippen molar-refractivity contribution in [3.05, 3.63) is 29.8 Å². The van der Waals surface area contributed by atoms with Crippen LogP contribution >= 0.6 is 0 Å². The van der Waals surface area contributed by atoms with E-state index in [-0.39, 0.29) is 18.3 Å². The van der Waals surface area contributed by atoms with E-state index in [1.165, 1.54) is 6.07 Å². The van der Waals surface area contributed by atoms with E-state index in [1.807, 2.05) is 0 Å². The number of halogens is 11. The van der Waals surface area contributed by atoms with Crippen LogP contribution in [0.25, 0.3) is 0 Å². The highest BCUT2D eigenvalue weighted by atomic mass is 19.4. The van der Waals surface area contributed by atoms with Crippen LogP contribution in [0.4, 0.5) is 48.3 Å². The molecular formula is C18H19F11O2. The molecule has 0 radical (unpaired) electrons. The molecule has 0 amide bonds. The van der Waals surface area contributed by atoms with Crippen molar-refractivity contribution in [1.82, 2.24) is 0 Å². The highest BCUT2D eigenvalue weighted by molar-refractivity contribution is 5.32. The van der Waals surface area contributed by atoms with Gasteiger partial charge in [-0.15, -0.1) is 0 Å². The molecule has 0 aromatic heterocycles. The number of ether oxygens (including phenoxy) is 1. The minimum absolute atomic E-state index is 0.00437. The minimum atomic E-state index is -7.51. The molecule has 0 aliphatic carbocycles. The van der Waals surface area contributed by atoms with Gasteiger partial charge in [0.2, 0.25) is 0 Å². The molecule has 1 aromatic rings. The predicted molar refractivity (Wildman–Crippen MR) is 86.8 cm³/mol. The molecule has 0 aliphatic heterocycles. The average Bonchev–Trinajstić information content (AvgIpc) is 2.57. The normalized spacial score (nSPS) is 16.4. The number of rotatable bonds is 9. The van der Waals surface area contributed by atoms with Gasteiger partial charge in [-0.3, -0.25) is 0 Å². The molecule has 31 heavy (non-hydrogen) atoms. The Morgan fingerprint density at radius 2 is 1.35 bits per heavy atom. The third kappa shape index (κ3) is 5.17. The Labute approximate surface area is 170 Å². The third-order valence-electron chi connectivity index (χ3n) is 4.21. The molecule has 0 fully saturated rings. The Morgan fingerprint density at radius 1 is 0.839 bits per heavy atom. The maximum atomic E-state index is 14.0. The van der Waals surface area contributed by atoms with Crippen LogP contribution in [-0.2, 0) is 5.60 Å². The van der Waals surface area contributed by atoms with E-state index in [0.29, 0.717) is 6.92 Å². The summed E-state index contributed by atoms with van der Waals surface area (Å²) >= 11 is 0. The molecule has 0 saturated carbocycles. The molecule has 1 N–H and O–H groups in total. The SMILES string of the molecule is CC(C)COc1cccc(C(C)(O)CC(F)(F)C(F)(F)C(F)(F)C(F)(F)C(F)(F)F)c1. The van der Waals surface area contributed by atoms with Crippen LogP contribution in [-0.4, -0.2) is 41.6 Å². The van der Waals surface area contributed by atoms with Crippen LogP contribution in [0.15, 0.2) is 24.3 Å². The Kier molecular flexibility index (Phi) is 7.28. The number of benzene rings is 1. The molecule has 1 aromatic carbocycles. The highest BCUT2D eigenvalue weighted by Gasteiger charge is 2.87. The van der Waals surface area contributed by atoms with E-state index in [2.05, 4.69) is 0 Å². The molecule has 13 heteroatoms. The summed E-state index contributed by atoms with van der Waals surface area (Å²) in [6, 6.07) is 4.28. The van der Waals surface area contributed by atoms with Crippen LogP contribution in [0.2, 0.25) is 0 Å². The Balaban J connectivity index is 3.28. The van der Waals surface area contributed by atoms with Crippen molar-refractivity contribution in [2.24, 2.45) is 5.92 Å². The second-order valence-electron chi connectivity index (χ2n) is 7.61. The zero-order valence-electron chi connectivity index (χ0n) is 16.3. The second kappa shape index (κ2) is 8.28. The van der Waals surface area contributed by atoms with Crippen LogP contribution in [0, 0.1) is 5.92 Å². The van der Waals surface area contributed by atoms with Crippen molar-refractivity contribution in [3.8, 4) is 5.75 Å². The smallest absolute Gasteiger partial charge is 0.460 e. The van der Waals surface area contributed by atoms with Crippen LogP contribution in [0.3, 0.4) is 0 Å². The first kappa shape index (κ1) is 27.2. The van der Waals surface area contributed by atoms with Gasteiger partial charge in [0.05, 0.1) is 18.6 Å². The minimum Gasteiger partial charge on any atom is -0.493 e. The first-order valence-corrected chi connectivity index (χ1v) is 8.64. The van der Waals surface area contributed by atoms with E-state index in [4.69, 9.17) is 4.74 Å². The molecule has 0 saturated heterocycles. The van der Waals surface area contributed by atoms with Gasteiger partial charge in [-0.05, 0) is 30.5 Å². The zero-order valence-corrected chi connectivity index (χ0v) is 16.3. The van der Waals surface area contributed by atoms with Crippen molar-refractivity contribution in [2.45, 2.75) is 62.7 Å². The maximum Gasteiger partial charge on any atom is 0.460 e. The number of hydrogen-bond donors (Lipinski definition) is 1. The summed E-state index contributed by atoms with van der Waals surface area (Å²) in [4.78, 5) is 0. The standard InChI is InChI=1S/C18H19F11O2/c1-10(2)8-31-12-6-4-5-11(7-12)13(3,30)9-14(19,20)15(21,22)16(23,24)17(25,26)18(27,28)29/h4-7,10,30H,8-9H2,1-3H3. The van der Waals surface area contributed by atoms with Gasteiger partial charge in [-0.1, -0.05) is 26.0 Å². The summed E-state index contributed by atoms with van der Waals surface area (Å²) in [5.74, 6) is -28.3. The fourth-order valence-corrected chi connectivity index (χ4v) is 2.43.